The average Bonchev–Trinajstić information content (AvgIpc) is 2.87. The summed E-state index contributed by atoms with van der Waals surface area (Å²) < 4.78 is 14.6. The van der Waals surface area contributed by atoms with E-state index in [0.717, 1.165) is 16.5 Å². The first-order valence-corrected chi connectivity index (χ1v) is 6.91. The van der Waals surface area contributed by atoms with E-state index in [1.165, 1.54) is 4.68 Å². The predicted octanol–water partition coefficient (Wildman–Crippen LogP) is 3.34. The Kier molecular flexibility index (Phi) is 3.57. The van der Waals surface area contributed by atoms with Gasteiger partial charge in [-0.2, -0.15) is 0 Å². The third-order valence-corrected chi connectivity index (χ3v) is 3.60. The summed E-state index contributed by atoms with van der Waals surface area (Å²) in [5, 5.41) is 6.49. The number of pyridine rings is 1. The summed E-state index contributed by atoms with van der Waals surface area (Å²) in [6.07, 6.45) is 3.27. The fourth-order valence-corrected chi connectivity index (χ4v) is 2.32. The number of aromatic amines is 1. The van der Waals surface area contributed by atoms with Crippen molar-refractivity contribution in [3.8, 4) is 11.1 Å². The molecule has 0 spiro atoms. The molecule has 0 radical (unpaired) electrons. The molecular weight excluding hydrogens is 295 g/mol. The van der Waals surface area contributed by atoms with Crippen molar-refractivity contribution in [1.82, 2.24) is 14.8 Å². The molecule has 5 nitrogen and oxygen atoms in total. The number of H-pyrrole nitrogens is 1. The topological polar surface area (TPSA) is 62.7 Å². The molecule has 3 aromatic rings. The van der Waals surface area contributed by atoms with Crippen LogP contribution in [-0.4, -0.2) is 14.8 Å². The summed E-state index contributed by atoms with van der Waals surface area (Å²) in [5.74, 6) is -0.634. The van der Waals surface area contributed by atoms with Crippen LogP contribution in [0.5, 0.6) is 0 Å². The van der Waals surface area contributed by atoms with E-state index in [-0.39, 0.29) is 11.3 Å². The van der Waals surface area contributed by atoms with E-state index >= 15 is 0 Å². The van der Waals surface area contributed by atoms with Crippen LogP contribution < -0.4 is 10.9 Å². The minimum absolute atomic E-state index is 0.0838. The maximum absolute atomic E-state index is 13.2. The number of hydrogen-bond acceptors (Lipinski definition) is 3. The van der Waals surface area contributed by atoms with E-state index in [2.05, 4.69) is 28.6 Å². The van der Waals surface area contributed by atoms with Crippen LogP contribution in [0.3, 0.4) is 0 Å². The van der Waals surface area contributed by atoms with Gasteiger partial charge in [-0.25, -0.2) is 4.39 Å². The number of rotatable bonds is 4. The number of nitrogens with zero attached hydrogens (tertiary/aromatic N) is 2. The number of aryl methyl sites for hydroxylation is 1. The molecule has 0 saturated carbocycles. The number of anilines is 1. The van der Waals surface area contributed by atoms with Crippen LogP contribution in [0.2, 0.25) is 0 Å². The first-order valence-electron chi connectivity index (χ1n) is 6.91. The Labute approximate surface area is 131 Å². The number of benzene rings is 1. The summed E-state index contributed by atoms with van der Waals surface area (Å²) in [6.45, 7) is 6.81. The maximum Gasteiger partial charge on any atom is 0.274 e. The first kappa shape index (κ1) is 14.8. The second-order valence-corrected chi connectivity index (χ2v) is 5.15. The summed E-state index contributed by atoms with van der Waals surface area (Å²) in [7, 11) is 1.65. The van der Waals surface area contributed by atoms with Gasteiger partial charge in [0.05, 0.1) is 16.8 Å². The van der Waals surface area contributed by atoms with Gasteiger partial charge in [0, 0.05) is 30.5 Å². The van der Waals surface area contributed by atoms with E-state index in [1.54, 1.807) is 25.5 Å². The normalized spacial score (nSPS) is 10.7. The smallest absolute Gasteiger partial charge is 0.274 e. The number of fused-ring (bicyclic) bond motifs is 1. The van der Waals surface area contributed by atoms with Crippen LogP contribution in [0, 0.1) is 0 Å². The monoisotopic (exact) mass is 310 g/mol. The van der Waals surface area contributed by atoms with Gasteiger partial charge in [-0.15, -0.1) is 0 Å². The fourth-order valence-electron chi connectivity index (χ4n) is 2.32. The molecule has 0 fully saturated rings. The van der Waals surface area contributed by atoms with Gasteiger partial charge in [0.2, 0.25) is 0 Å². The van der Waals surface area contributed by atoms with Gasteiger partial charge in [0.25, 0.3) is 5.56 Å². The Morgan fingerprint density at radius 2 is 2.13 bits per heavy atom. The highest BCUT2D eigenvalue weighted by molar-refractivity contribution is 5.94. The molecule has 23 heavy (non-hydrogen) atoms. The van der Waals surface area contributed by atoms with Crippen LogP contribution in [0.15, 0.2) is 66.1 Å². The SMILES string of the molecule is C=C(F)C(=C)Nc1ccnc2ccc(-c3c[nH]n(C)c3=O)cc12. The van der Waals surface area contributed by atoms with Crippen molar-refractivity contribution in [2.75, 3.05) is 5.32 Å². The minimum Gasteiger partial charge on any atom is -0.353 e. The third-order valence-electron chi connectivity index (χ3n) is 3.60. The highest BCUT2D eigenvalue weighted by atomic mass is 19.1. The van der Waals surface area contributed by atoms with Gasteiger partial charge in [-0.3, -0.25) is 14.5 Å². The summed E-state index contributed by atoms with van der Waals surface area (Å²) in [5.41, 5.74) is 2.64. The summed E-state index contributed by atoms with van der Waals surface area (Å²) in [4.78, 5) is 16.4. The molecule has 0 bridgehead atoms. The highest BCUT2D eigenvalue weighted by Crippen LogP contribution is 2.28. The van der Waals surface area contributed by atoms with Gasteiger partial charge in [0.15, 0.2) is 0 Å². The second kappa shape index (κ2) is 5.57. The number of aromatic nitrogens is 3. The molecule has 116 valence electrons. The van der Waals surface area contributed by atoms with Gasteiger partial charge in [-0.05, 0) is 23.8 Å². The van der Waals surface area contributed by atoms with Crippen LogP contribution in [-0.2, 0) is 7.05 Å². The zero-order valence-corrected chi connectivity index (χ0v) is 12.6. The number of nitrogens with one attached hydrogen (secondary N) is 2. The van der Waals surface area contributed by atoms with Crippen LogP contribution in [0.1, 0.15) is 0 Å². The van der Waals surface area contributed by atoms with Crippen molar-refractivity contribution in [1.29, 1.82) is 0 Å². The molecule has 0 amide bonds. The largest absolute Gasteiger partial charge is 0.353 e. The Bertz CT molecular complexity index is 984. The van der Waals surface area contributed by atoms with Gasteiger partial charge < -0.3 is 10.4 Å². The van der Waals surface area contributed by atoms with Crippen molar-refractivity contribution in [3.63, 3.8) is 0 Å². The van der Waals surface area contributed by atoms with Gasteiger partial charge in [-0.1, -0.05) is 19.2 Å². The molecule has 6 heteroatoms. The molecule has 3 rings (SSSR count). The number of halogens is 1. The molecule has 0 aliphatic heterocycles. The molecule has 2 aromatic heterocycles. The average molecular weight is 310 g/mol. The minimum atomic E-state index is -0.634. The van der Waals surface area contributed by atoms with Crippen molar-refractivity contribution in [2.24, 2.45) is 7.05 Å². The Hall–Kier alpha value is -3.15. The third kappa shape index (κ3) is 2.66. The highest BCUT2D eigenvalue weighted by Gasteiger charge is 2.10. The fraction of sp³-hybridized carbons (Fsp3) is 0.0588. The number of hydrogen-bond donors (Lipinski definition) is 2. The zero-order valence-electron chi connectivity index (χ0n) is 12.6. The van der Waals surface area contributed by atoms with Crippen molar-refractivity contribution < 1.29 is 4.39 Å². The molecule has 0 atom stereocenters. The molecule has 0 aliphatic rings. The molecule has 0 saturated heterocycles. The molecule has 2 N–H and O–H groups in total. The van der Waals surface area contributed by atoms with Crippen LogP contribution in [0.4, 0.5) is 10.1 Å². The molecule has 0 unspecified atom stereocenters. The first-order chi connectivity index (χ1) is 11.0. The molecule has 0 aliphatic carbocycles. The number of allylic oxidation sites excluding steroid dienone is 1. The lowest BCUT2D eigenvalue weighted by atomic mass is 10.1. The van der Waals surface area contributed by atoms with Gasteiger partial charge >= 0.3 is 0 Å². The lowest BCUT2D eigenvalue weighted by Gasteiger charge is -2.11. The predicted molar refractivity (Wildman–Crippen MR) is 89.8 cm³/mol. The van der Waals surface area contributed by atoms with Gasteiger partial charge in [0.1, 0.15) is 5.83 Å². The molecular formula is C17H15FN4O. The van der Waals surface area contributed by atoms with E-state index in [4.69, 9.17) is 0 Å². The Morgan fingerprint density at radius 3 is 2.78 bits per heavy atom. The van der Waals surface area contributed by atoms with Crippen LogP contribution in [0.25, 0.3) is 22.0 Å². The molecule has 2 heterocycles. The summed E-state index contributed by atoms with van der Waals surface area (Å²) >= 11 is 0. The van der Waals surface area contributed by atoms with E-state index in [0.29, 0.717) is 11.3 Å². The standard InChI is InChI=1S/C17H15FN4O/c1-10(18)11(2)21-16-6-7-19-15-5-4-12(8-13(15)16)14-9-20-22(3)17(14)23/h4-9,20H,1-2H2,3H3,(H,19,21). The Morgan fingerprint density at radius 1 is 1.35 bits per heavy atom. The van der Waals surface area contributed by atoms with Crippen molar-refractivity contribution in [2.45, 2.75) is 0 Å². The van der Waals surface area contributed by atoms with E-state index in [9.17, 15) is 9.18 Å². The lowest BCUT2D eigenvalue weighted by molar-refractivity contribution is 0.658. The van der Waals surface area contributed by atoms with Crippen LogP contribution >= 0.6 is 0 Å². The van der Waals surface area contributed by atoms with Crippen molar-refractivity contribution >= 4 is 16.6 Å². The quantitative estimate of drug-likeness (QED) is 0.727. The Balaban J connectivity index is 2.14. The zero-order chi connectivity index (χ0) is 16.6. The lowest BCUT2D eigenvalue weighted by Crippen LogP contribution is -2.13. The molecule has 1 aromatic carbocycles. The second-order valence-electron chi connectivity index (χ2n) is 5.15. The summed E-state index contributed by atoms with van der Waals surface area (Å²) in [6, 6.07) is 7.20. The van der Waals surface area contributed by atoms with E-state index in [1.807, 2.05) is 18.2 Å². The maximum atomic E-state index is 13.2. The van der Waals surface area contributed by atoms with Crippen molar-refractivity contribution in [3.05, 3.63) is 71.7 Å². The van der Waals surface area contributed by atoms with E-state index < -0.39 is 5.83 Å².